The first kappa shape index (κ1) is 10.6. The van der Waals surface area contributed by atoms with E-state index in [4.69, 9.17) is 16.3 Å². The number of aromatic nitrogens is 4. The van der Waals surface area contributed by atoms with Crippen molar-refractivity contribution in [1.29, 1.82) is 10.5 Å². The van der Waals surface area contributed by atoms with Crippen LogP contribution < -0.4 is 5.73 Å². The Labute approximate surface area is 96.8 Å². The zero-order valence-corrected chi connectivity index (χ0v) is 8.70. The molecular weight excluding hydrogens is 218 g/mol. The maximum absolute atomic E-state index is 8.92. The van der Waals surface area contributed by atoms with E-state index in [0.717, 1.165) is 0 Å². The average Bonchev–Trinajstić information content (AvgIpc) is 2.74. The van der Waals surface area contributed by atoms with E-state index in [1.807, 2.05) is 12.1 Å². The molecule has 0 aromatic carbocycles. The van der Waals surface area contributed by atoms with Crippen LogP contribution in [-0.4, -0.2) is 19.5 Å². The summed E-state index contributed by atoms with van der Waals surface area (Å²) in [6, 6.07) is 3.78. The lowest BCUT2D eigenvalue weighted by Crippen LogP contribution is -2.04. The Morgan fingerprint density at radius 3 is 2.59 bits per heavy atom. The number of nitriles is 2. The van der Waals surface area contributed by atoms with Gasteiger partial charge in [0.05, 0.1) is 31.0 Å². The van der Waals surface area contributed by atoms with Crippen LogP contribution in [-0.2, 0) is 6.54 Å². The molecule has 0 amide bonds. The van der Waals surface area contributed by atoms with Crippen LogP contribution in [0.25, 0.3) is 0 Å². The lowest BCUT2D eigenvalue weighted by Gasteiger charge is -2.02. The van der Waals surface area contributed by atoms with E-state index < -0.39 is 0 Å². The van der Waals surface area contributed by atoms with Crippen molar-refractivity contribution in [3.63, 3.8) is 0 Å². The van der Waals surface area contributed by atoms with Crippen LogP contribution >= 0.6 is 0 Å². The summed E-state index contributed by atoms with van der Waals surface area (Å²) in [6.45, 7) is 0.324. The third-order valence-corrected chi connectivity index (χ3v) is 2.11. The number of nitrogens with two attached hydrogens (primary N) is 1. The number of imidazole rings is 1. The average molecular weight is 225 g/mol. The highest BCUT2D eigenvalue weighted by atomic mass is 15.1. The van der Waals surface area contributed by atoms with Gasteiger partial charge in [0.25, 0.3) is 0 Å². The van der Waals surface area contributed by atoms with Crippen LogP contribution in [0.1, 0.15) is 17.1 Å². The number of hydrogen-bond acceptors (Lipinski definition) is 6. The van der Waals surface area contributed by atoms with Gasteiger partial charge in [0, 0.05) is 0 Å². The van der Waals surface area contributed by atoms with Crippen molar-refractivity contribution in [3.05, 3.63) is 35.8 Å². The molecule has 2 rings (SSSR count). The maximum atomic E-state index is 8.92. The van der Waals surface area contributed by atoms with Gasteiger partial charge in [0.15, 0.2) is 11.4 Å². The summed E-state index contributed by atoms with van der Waals surface area (Å²) in [5, 5.41) is 17.7. The van der Waals surface area contributed by atoms with Crippen molar-refractivity contribution in [2.45, 2.75) is 6.54 Å². The topological polar surface area (TPSA) is 117 Å². The van der Waals surface area contributed by atoms with E-state index in [0.29, 0.717) is 18.1 Å². The number of anilines is 1. The monoisotopic (exact) mass is 225 g/mol. The standard InChI is InChI=1S/C10H7N7/c11-1-8-9(2-12)17(6-16-8)5-7-3-15-10(13)4-14-7/h3-4,6H,5H2,(H2,13,15). The number of nitrogens with zero attached hydrogens (tertiary/aromatic N) is 6. The van der Waals surface area contributed by atoms with Gasteiger partial charge in [0.1, 0.15) is 18.0 Å². The van der Waals surface area contributed by atoms with E-state index in [2.05, 4.69) is 15.0 Å². The maximum Gasteiger partial charge on any atom is 0.176 e. The van der Waals surface area contributed by atoms with E-state index in [-0.39, 0.29) is 11.4 Å². The predicted molar refractivity (Wildman–Crippen MR) is 57.2 cm³/mol. The van der Waals surface area contributed by atoms with Gasteiger partial charge in [-0.25, -0.2) is 9.97 Å². The van der Waals surface area contributed by atoms with Crippen molar-refractivity contribution >= 4 is 5.82 Å². The smallest absolute Gasteiger partial charge is 0.176 e. The minimum absolute atomic E-state index is 0.107. The molecule has 0 saturated carbocycles. The molecule has 0 saturated heterocycles. The molecule has 82 valence electrons. The first-order chi connectivity index (χ1) is 8.24. The molecule has 0 aliphatic heterocycles. The summed E-state index contributed by atoms with van der Waals surface area (Å²) in [6.07, 6.45) is 4.38. The first-order valence-electron chi connectivity index (χ1n) is 4.66. The SMILES string of the molecule is N#Cc1ncn(Cc2cnc(N)cn2)c1C#N. The Balaban J connectivity index is 2.31. The second-order valence-corrected chi connectivity index (χ2v) is 3.23. The van der Waals surface area contributed by atoms with Crippen LogP contribution in [0.4, 0.5) is 5.82 Å². The van der Waals surface area contributed by atoms with Gasteiger partial charge in [-0.2, -0.15) is 10.5 Å². The molecule has 2 N–H and O–H groups in total. The van der Waals surface area contributed by atoms with Crippen molar-refractivity contribution in [3.8, 4) is 12.1 Å². The number of nitrogen functional groups attached to an aromatic ring is 1. The first-order valence-corrected chi connectivity index (χ1v) is 4.66. The van der Waals surface area contributed by atoms with E-state index in [1.165, 1.54) is 18.7 Å². The normalized spacial score (nSPS) is 9.53. The van der Waals surface area contributed by atoms with Gasteiger partial charge in [-0.05, 0) is 0 Å². The minimum atomic E-state index is 0.107. The summed E-state index contributed by atoms with van der Waals surface area (Å²) >= 11 is 0. The summed E-state index contributed by atoms with van der Waals surface area (Å²) in [5.74, 6) is 0.331. The fourth-order valence-corrected chi connectivity index (χ4v) is 1.32. The Morgan fingerprint density at radius 2 is 2.00 bits per heavy atom. The fourth-order valence-electron chi connectivity index (χ4n) is 1.32. The Hall–Kier alpha value is -2.93. The summed E-state index contributed by atoms with van der Waals surface area (Å²) in [4.78, 5) is 11.8. The molecule has 0 fully saturated rings. The number of hydrogen-bond donors (Lipinski definition) is 1. The highest BCUT2D eigenvalue weighted by Crippen LogP contribution is 2.07. The van der Waals surface area contributed by atoms with Crippen molar-refractivity contribution in [1.82, 2.24) is 19.5 Å². The van der Waals surface area contributed by atoms with E-state index >= 15 is 0 Å². The van der Waals surface area contributed by atoms with Gasteiger partial charge in [0.2, 0.25) is 0 Å². The lowest BCUT2D eigenvalue weighted by molar-refractivity contribution is 0.758. The third kappa shape index (κ3) is 2.03. The molecule has 0 aliphatic carbocycles. The van der Waals surface area contributed by atoms with Gasteiger partial charge in [-0.3, -0.25) is 4.98 Å². The molecule has 0 radical (unpaired) electrons. The largest absolute Gasteiger partial charge is 0.382 e. The van der Waals surface area contributed by atoms with Crippen molar-refractivity contribution in [2.24, 2.45) is 0 Å². The highest BCUT2D eigenvalue weighted by molar-refractivity contribution is 5.36. The Bertz CT molecular complexity index is 612. The molecule has 0 aliphatic rings. The number of rotatable bonds is 2. The molecule has 7 nitrogen and oxygen atoms in total. The molecule has 2 aromatic rings. The van der Waals surface area contributed by atoms with Crippen LogP contribution in [0.3, 0.4) is 0 Å². The summed E-state index contributed by atoms with van der Waals surface area (Å²) in [5.41, 5.74) is 6.37. The molecule has 0 atom stereocenters. The van der Waals surface area contributed by atoms with Gasteiger partial charge < -0.3 is 10.3 Å². The quantitative estimate of drug-likeness (QED) is 0.771. The van der Waals surface area contributed by atoms with Crippen LogP contribution in [0.15, 0.2) is 18.7 Å². The lowest BCUT2D eigenvalue weighted by atomic mass is 10.3. The third-order valence-electron chi connectivity index (χ3n) is 2.11. The molecule has 2 heterocycles. The second kappa shape index (κ2) is 4.29. The molecule has 0 unspecified atom stereocenters. The zero-order valence-electron chi connectivity index (χ0n) is 8.70. The molecule has 17 heavy (non-hydrogen) atoms. The van der Waals surface area contributed by atoms with Gasteiger partial charge in [-0.1, -0.05) is 0 Å². The van der Waals surface area contributed by atoms with Gasteiger partial charge >= 0.3 is 0 Å². The van der Waals surface area contributed by atoms with Crippen LogP contribution in [0, 0.1) is 22.7 Å². The van der Waals surface area contributed by atoms with E-state index in [1.54, 1.807) is 4.57 Å². The second-order valence-electron chi connectivity index (χ2n) is 3.23. The zero-order chi connectivity index (χ0) is 12.3. The summed E-state index contributed by atoms with van der Waals surface area (Å²) < 4.78 is 1.54. The van der Waals surface area contributed by atoms with Crippen LogP contribution in [0.5, 0.6) is 0 Å². The van der Waals surface area contributed by atoms with Crippen molar-refractivity contribution < 1.29 is 0 Å². The predicted octanol–water partition coefficient (Wildman–Crippen LogP) is 0.0470. The van der Waals surface area contributed by atoms with Gasteiger partial charge in [-0.15, -0.1) is 0 Å². The molecular formula is C10H7N7. The molecule has 0 bridgehead atoms. The Morgan fingerprint density at radius 1 is 1.18 bits per heavy atom. The molecule has 0 spiro atoms. The summed E-state index contributed by atoms with van der Waals surface area (Å²) in [7, 11) is 0. The fraction of sp³-hybridized carbons (Fsp3) is 0.100. The Kier molecular flexibility index (Phi) is 2.67. The van der Waals surface area contributed by atoms with E-state index in [9.17, 15) is 0 Å². The van der Waals surface area contributed by atoms with Crippen LogP contribution in [0.2, 0.25) is 0 Å². The molecule has 2 aromatic heterocycles. The van der Waals surface area contributed by atoms with Crippen molar-refractivity contribution in [2.75, 3.05) is 5.73 Å². The minimum Gasteiger partial charge on any atom is -0.382 e. The molecule has 7 heteroatoms. The highest BCUT2D eigenvalue weighted by Gasteiger charge is 2.10.